The van der Waals surface area contributed by atoms with Gasteiger partial charge in [0, 0.05) is 0 Å². The zero-order chi connectivity index (χ0) is 6.41. The number of carbonyl (C=O) groups excluding carboxylic acids is 1. The second kappa shape index (κ2) is 3.30. The van der Waals surface area contributed by atoms with Gasteiger partial charge in [0.25, 0.3) is 0 Å². The van der Waals surface area contributed by atoms with Gasteiger partial charge in [-0.05, 0) is 6.69 Å². The number of amides is 2. The first-order chi connectivity index (χ1) is 3.81. The highest BCUT2D eigenvalue weighted by Crippen LogP contribution is 1.62. The third kappa shape index (κ3) is 2.92. The van der Waals surface area contributed by atoms with E-state index in [0.717, 1.165) is 0 Å². The molecule has 0 radical (unpaired) electrons. The molecule has 0 saturated carbocycles. The van der Waals surface area contributed by atoms with Crippen LogP contribution >= 0.6 is 0 Å². The summed E-state index contributed by atoms with van der Waals surface area (Å²) in [4.78, 5) is 13.2. The highest BCUT2D eigenvalue weighted by Gasteiger charge is 1.87. The van der Waals surface area contributed by atoms with Crippen molar-refractivity contribution in [3.8, 4) is 0 Å². The molecule has 0 rings (SSSR count). The Balaban J connectivity index is 3.33. The molecule has 0 aromatic carbocycles. The van der Waals surface area contributed by atoms with Gasteiger partial charge >= 0.3 is 6.03 Å². The van der Waals surface area contributed by atoms with Crippen molar-refractivity contribution in [1.82, 2.24) is 5.32 Å². The Hall–Kier alpha value is -0.900. The Bertz CT molecular complexity index is 103. The van der Waals surface area contributed by atoms with Gasteiger partial charge in [0.05, 0.1) is 1.37 Å². The van der Waals surface area contributed by atoms with Gasteiger partial charge in [-0.3, -0.25) is 5.32 Å². The Morgan fingerprint density at radius 2 is 3.00 bits per heavy atom. The van der Waals surface area contributed by atoms with Gasteiger partial charge in [0.15, 0.2) is 6.67 Å². The number of nitrogens with one attached hydrogen (secondary N) is 1. The number of urea groups is 1. The van der Waals surface area contributed by atoms with Crippen LogP contribution < -0.4 is 11.1 Å². The molecule has 0 heterocycles. The smallest absolute Gasteiger partial charge is 0.341 e. The lowest BCUT2D eigenvalue weighted by atomic mass is 10.9. The van der Waals surface area contributed by atoms with Crippen LogP contribution in [0.3, 0.4) is 0 Å². The quantitative estimate of drug-likeness (QED) is 0.311. The SMILES string of the molecule is [3H]C=NC(=O)NC[NH3+]. The fourth-order valence-electron chi connectivity index (χ4n) is 0.153. The minimum atomic E-state index is -0.519. The van der Waals surface area contributed by atoms with Gasteiger partial charge in [-0.25, -0.2) is 9.79 Å². The minimum absolute atomic E-state index is 0.302. The fraction of sp³-hybridized carbons (Fsp3) is 0.333. The summed E-state index contributed by atoms with van der Waals surface area (Å²) >= 11 is 0. The van der Waals surface area contributed by atoms with Gasteiger partial charge in [0.2, 0.25) is 0 Å². The second-order valence-electron chi connectivity index (χ2n) is 0.861. The molecule has 0 aromatic heterocycles. The van der Waals surface area contributed by atoms with Crippen molar-refractivity contribution in [1.29, 1.82) is 0 Å². The molecule has 0 aliphatic carbocycles. The average molecular weight is 104 g/mol. The number of nitrogens with zero attached hydrogens (tertiary/aromatic N) is 1. The molecule has 0 aliphatic heterocycles. The molecule has 2 amide bonds. The lowest BCUT2D eigenvalue weighted by molar-refractivity contribution is -0.371. The molecule has 40 valence electrons. The maximum Gasteiger partial charge on any atom is 0.344 e. The molecular weight excluding hydrogens is 94.1 g/mol. The van der Waals surface area contributed by atoms with E-state index >= 15 is 0 Å². The zero-order valence-electron chi connectivity index (χ0n) is 4.85. The van der Waals surface area contributed by atoms with Crippen LogP contribution in [0.25, 0.3) is 0 Å². The number of quaternary nitrogens is 1. The van der Waals surface area contributed by atoms with Crippen LogP contribution in [0.4, 0.5) is 4.79 Å². The van der Waals surface area contributed by atoms with E-state index in [1.54, 1.807) is 0 Å². The molecule has 7 heavy (non-hydrogen) atoms. The van der Waals surface area contributed by atoms with E-state index in [4.69, 9.17) is 1.37 Å². The van der Waals surface area contributed by atoms with Crippen LogP contribution in [-0.4, -0.2) is 19.4 Å². The van der Waals surface area contributed by atoms with Crippen molar-refractivity contribution in [3.05, 3.63) is 0 Å². The third-order valence-corrected chi connectivity index (χ3v) is 0.393. The largest absolute Gasteiger partial charge is 0.344 e. The van der Waals surface area contributed by atoms with Crippen LogP contribution in [0.15, 0.2) is 4.99 Å². The summed E-state index contributed by atoms with van der Waals surface area (Å²) in [6.07, 6.45) is 0. The third-order valence-electron chi connectivity index (χ3n) is 0.393. The van der Waals surface area contributed by atoms with E-state index in [1.807, 2.05) is 0 Å². The summed E-state index contributed by atoms with van der Waals surface area (Å²) in [6, 6.07) is -0.519. The summed E-state index contributed by atoms with van der Waals surface area (Å²) in [7, 11) is 0. The summed E-state index contributed by atoms with van der Waals surface area (Å²) in [5, 5.41) is 2.28. The average Bonchev–Trinajstić information content (AvgIpc) is 1.68. The molecule has 0 spiro atoms. The summed E-state index contributed by atoms with van der Waals surface area (Å²) in [6.45, 7) is 0.987. The molecule has 0 aliphatic rings. The molecule has 0 aromatic rings. The Morgan fingerprint density at radius 1 is 2.29 bits per heavy atom. The van der Waals surface area contributed by atoms with Crippen molar-refractivity contribution in [2.45, 2.75) is 0 Å². The molecule has 0 saturated heterocycles. The van der Waals surface area contributed by atoms with Crippen molar-refractivity contribution < 1.29 is 11.9 Å². The second-order valence-corrected chi connectivity index (χ2v) is 0.861. The van der Waals surface area contributed by atoms with E-state index in [1.165, 1.54) is 0 Å². The number of hydrogen-bond donors (Lipinski definition) is 2. The lowest BCUT2D eigenvalue weighted by Gasteiger charge is -1.87. The van der Waals surface area contributed by atoms with E-state index in [2.05, 4.69) is 16.0 Å². The van der Waals surface area contributed by atoms with Crippen LogP contribution in [0, 0.1) is 0 Å². The molecule has 0 unspecified atom stereocenters. The number of aliphatic imine (C=N–C) groups is 1. The fourth-order valence-corrected chi connectivity index (χ4v) is 0.153. The van der Waals surface area contributed by atoms with Gasteiger partial charge in [-0.2, -0.15) is 0 Å². The maximum atomic E-state index is 10.2. The summed E-state index contributed by atoms with van der Waals surface area (Å²) < 4.78 is 6.34. The van der Waals surface area contributed by atoms with Crippen LogP contribution in [0.2, 0.25) is 0 Å². The molecule has 0 atom stereocenters. The molecule has 4 nitrogen and oxygen atoms in total. The zero-order valence-corrected chi connectivity index (χ0v) is 3.85. The first-order valence-electron chi connectivity index (χ1n) is 2.37. The van der Waals surface area contributed by atoms with Gasteiger partial charge in [-0.1, -0.05) is 0 Å². The van der Waals surface area contributed by atoms with Crippen molar-refractivity contribution >= 4 is 12.7 Å². The minimum Gasteiger partial charge on any atom is -0.341 e. The number of rotatable bonds is 1. The van der Waals surface area contributed by atoms with E-state index in [0.29, 0.717) is 13.4 Å². The van der Waals surface area contributed by atoms with Gasteiger partial charge in [0.1, 0.15) is 0 Å². The number of hydrogen-bond acceptors (Lipinski definition) is 1. The molecular formula is C3H8N3O+. The molecule has 0 bridgehead atoms. The van der Waals surface area contributed by atoms with Crippen LogP contribution in [-0.2, 0) is 0 Å². The Labute approximate surface area is 42.8 Å². The Kier molecular flexibility index (Phi) is 2.01. The highest BCUT2D eigenvalue weighted by molar-refractivity contribution is 5.78. The highest BCUT2D eigenvalue weighted by atomic mass is 16.2. The predicted molar refractivity (Wildman–Crippen MR) is 25.8 cm³/mol. The standard InChI is InChI=1S/C3H7N3O/c1-5-3(7)6-2-4/h1-2,4H2,(H,6,7)/p+1/i1T. The molecule has 0 fully saturated rings. The predicted octanol–water partition coefficient (Wildman–Crippen LogP) is -1.40. The first-order valence-corrected chi connectivity index (χ1v) is 1.79. The van der Waals surface area contributed by atoms with Crippen molar-refractivity contribution in [2.24, 2.45) is 4.99 Å². The molecule has 4 N–H and O–H groups in total. The van der Waals surface area contributed by atoms with Crippen LogP contribution in [0.1, 0.15) is 1.37 Å². The van der Waals surface area contributed by atoms with Gasteiger partial charge < -0.3 is 5.73 Å². The lowest BCUT2D eigenvalue weighted by Crippen LogP contribution is -2.58. The van der Waals surface area contributed by atoms with E-state index in [9.17, 15) is 4.79 Å². The first kappa shape index (κ1) is 4.26. The summed E-state index contributed by atoms with van der Waals surface area (Å²) in [5.74, 6) is 0. The summed E-state index contributed by atoms with van der Waals surface area (Å²) in [5.41, 5.74) is 3.34. The van der Waals surface area contributed by atoms with Crippen LogP contribution in [0.5, 0.6) is 0 Å². The normalized spacial score (nSPS) is 11.3. The maximum absolute atomic E-state index is 10.2. The van der Waals surface area contributed by atoms with Crippen molar-refractivity contribution in [3.63, 3.8) is 0 Å². The van der Waals surface area contributed by atoms with E-state index < -0.39 is 6.03 Å². The van der Waals surface area contributed by atoms with E-state index in [-0.39, 0.29) is 0 Å². The Morgan fingerprint density at radius 3 is 3.43 bits per heavy atom. The molecule has 4 heteroatoms. The van der Waals surface area contributed by atoms with Crippen molar-refractivity contribution in [2.75, 3.05) is 6.67 Å². The number of carbonyl (C=O) groups is 1. The monoisotopic (exact) mass is 104 g/mol. The van der Waals surface area contributed by atoms with Gasteiger partial charge in [-0.15, -0.1) is 0 Å². The topological polar surface area (TPSA) is 69.1 Å².